The van der Waals surface area contributed by atoms with Crippen LogP contribution in [0.5, 0.6) is 0 Å². The zero-order valence-corrected chi connectivity index (χ0v) is 10.5. The minimum Gasteiger partial charge on any atom is -0.296 e. The number of carbonyl (C=O) groups excluding carboxylic acids is 1. The van der Waals surface area contributed by atoms with Crippen LogP contribution in [0, 0.1) is 6.92 Å². The van der Waals surface area contributed by atoms with Crippen LogP contribution < -0.4 is 0 Å². The van der Waals surface area contributed by atoms with Gasteiger partial charge in [0.15, 0.2) is 6.29 Å². The summed E-state index contributed by atoms with van der Waals surface area (Å²) in [5.74, 6) is 0.498. The Morgan fingerprint density at radius 2 is 2.25 bits per heavy atom. The fraction of sp³-hybridized carbons (Fsp3) is 0.333. The van der Waals surface area contributed by atoms with Crippen molar-refractivity contribution in [1.82, 2.24) is 9.38 Å². The molecule has 3 nitrogen and oxygen atoms in total. The number of carbonyl (C=O) groups is 1. The summed E-state index contributed by atoms with van der Waals surface area (Å²) in [5, 5.41) is 0. The van der Waals surface area contributed by atoms with Crippen molar-refractivity contribution in [2.75, 3.05) is 0 Å². The third-order valence-electron chi connectivity index (χ3n) is 3.10. The van der Waals surface area contributed by atoms with Crippen LogP contribution in [0.15, 0.2) is 16.6 Å². The average Bonchev–Trinajstić information content (AvgIpc) is 3.05. The molecule has 3 rings (SSSR count). The van der Waals surface area contributed by atoms with Crippen molar-refractivity contribution >= 4 is 27.9 Å². The van der Waals surface area contributed by atoms with Crippen LogP contribution in [0.1, 0.15) is 40.6 Å². The molecule has 2 aromatic heterocycles. The number of fused-ring (bicyclic) bond motifs is 1. The lowest BCUT2D eigenvalue weighted by Crippen LogP contribution is -1.98. The topological polar surface area (TPSA) is 34.4 Å². The van der Waals surface area contributed by atoms with Gasteiger partial charge in [0.1, 0.15) is 11.3 Å². The van der Waals surface area contributed by atoms with E-state index in [4.69, 9.17) is 0 Å². The highest BCUT2D eigenvalue weighted by Crippen LogP contribution is 2.41. The first-order valence-corrected chi connectivity index (χ1v) is 6.14. The summed E-state index contributed by atoms with van der Waals surface area (Å²) in [4.78, 5) is 15.8. The number of hydrogen-bond donors (Lipinski definition) is 0. The Bertz CT molecular complexity index is 584. The van der Waals surface area contributed by atoms with Crippen molar-refractivity contribution in [2.24, 2.45) is 0 Å². The molecule has 0 atom stereocenters. The maximum Gasteiger partial charge on any atom is 0.168 e. The molecule has 1 aliphatic rings. The molecule has 0 radical (unpaired) electrons. The first kappa shape index (κ1) is 10.0. The third kappa shape index (κ3) is 1.33. The molecule has 0 aromatic carbocycles. The monoisotopic (exact) mass is 278 g/mol. The molecule has 0 bridgehead atoms. The van der Waals surface area contributed by atoms with Crippen molar-refractivity contribution in [3.05, 3.63) is 33.7 Å². The maximum absolute atomic E-state index is 11.2. The lowest BCUT2D eigenvalue weighted by Gasteiger charge is -2.03. The molecule has 1 saturated carbocycles. The van der Waals surface area contributed by atoms with Crippen molar-refractivity contribution in [2.45, 2.75) is 25.7 Å². The molecule has 0 spiro atoms. The molecule has 82 valence electrons. The van der Waals surface area contributed by atoms with E-state index in [1.54, 1.807) is 0 Å². The highest BCUT2D eigenvalue weighted by molar-refractivity contribution is 9.10. The average molecular weight is 279 g/mol. The smallest absolute Gasteiger partial charge is 0.168 e. The standard InChI is InChI=1S/C12H11BrN2O/c1-7-9(13)4-5-11-14-12(8-2-3-8)10(6-16)15(7)11/h4-6,8H,2-3H2,1H3. The molecule has 0 amide bonds. The molecule has 16 heavy (non-hydrogen) atoms. The van der Waals surface area contributed by atoms with E-state index in [0.717, 1.165) is 46.3 Å². The van der Waals surface area contributed by atoms with Crippen molar-refractivity contribution in [3.63, 3.8) is 0 Å². The zero-order chi connectivity index (χ0) is 11.3. The van der Waals surface area contributed by atoms with Gasteiger partial charge in [-0.3, -0.25) is 9.20 Å². The first-order chi connectivity index (χ1) is 7.72. The Morgan fingerprint density at radius 1 is 1.50 bits per heavy atom. The summed E-state index contributed by atoms with van der Waals surface area (Å²) < 4.78 is 2.94. The van der Waals surface area contributed by atoms with Gasteiger partial charge in [0, 0.05) is 16.1 Å². The van der Waals surface area contributed by atoms with E-state index in [1.807, 2.05) is 23.5 Å². The summed E-state index contributed by atoms with van der Waals surface area (Å²) in [7, 11) is 0. The van der Waals surface area contributed by atoms with Gasteiger partial charge in [-0.1, -0.05) is 0 Å². The van der Waals surface area contributed by atoms with Crippen LogP contribution in [0.4, 0.5) is 0 Å². The van der Waals surface area contributed by atoms with Crippen LogP contribution in [0.25, 0.3) is 5.65 Å². The molecule has 2 heterocycles. The van der Waals surface area contributed by atoms with Crippen LogP contribution in [0.2, 0.25) is 0 Å². The van der Waals surface area contributed by atoms with Crippen molar-refractivity contribution < 1.29 is 4.79 Å². The van der Waals surface area contributed by atoms with Gasteiger partial charge in [0.05, 0.1) is 5.69 Å². The Morgan fingerprint density at radius 3 is 2.88 bits per heavy atom. The van der Waals surface area contributed by atoms with Crippen molar-refractivity contribution in [3.8, 4) is 0 Å². The highest BCUT2D eigenvalue weighted by atomic mass is 79.9. The number of nitrogens with zero attached hydrogens (tertiary/aromatic N) is 2. The summed E-state index contributed by atoms with van der Waals surface area (Å²) in [6, 6.07) is 3.92. The zero-order valence-electron chi connectivity index (χ0n) is 8.90. The number of aryl methyl sites for hydroxylation is 1. The van der Waals surface area contributed by atoms with E-state index in [9.17, 15) is 4.79 Å². The molecule has 1 aliphatic carbocycles. The molecule has 0 unspecified atom stereocenters. The van der Waals surface area contributed by atoms with Gasteiger partial charge >= 0.3 is 0 Å². The molecule has 2 aromatic rings. The van der Waals surface area contributed by atoms with E-state index >= 15 is 0 Å². The molecule has 0 aliphatic heterocycles. The van der Waals surface area contributed by atoms with E-state index in [0.29, 0.717) is 5.92 Å². The molecular weight excluding hydrogens is 268 g/mol. The first-order valence-electron chi connectivity index (χ1n) is 5.35. The van der Waals surface area contributed by atoms with Gasteiger partial charge < -0.3 is 0 Å². The van der Waals surface area contributed by atoms with Crippen LogP contribution in [-0.2, 0) is 0 Å². The number of hydrogen-bond acceptors (Lipinski definition) is 2. The molecule has 0 saturated heterocycles. The van der Waals surface area contributed by atoms with Crippen LogP contribution >= 0.6 is 15.9 Å². The quantitative estimate of drug-likeness (QED) is 0.792. The Labute approximate surface area is 102 Å². The predicted molar refractivity (Wildman–Crippen MR) is 65.0 cm³/mol. The summed E-state index contributed by atoms with van der Waals surface area (Å²) in [5.41, 5.74) is 3.58. The lowest BCUT2D eigenvalue weighted by atomic mass is 10.2. The van der Waals surface area contributed by atoms with E-state index in [-0.39, 0.29) is 0 Å². The van der Waals surface area contributed by atoms with Gasteiger partial charge in [-0.15, -0.1) is 0 Å². The molecule has 4 heteroatoms. The third-order valence-corrected chi connectivity index (χ3v) is 3.94. The Balaban J connectivity index is 2.38. The molecular formula is C12H11BrN2O. The largest absolute Gasteiger partial charge is 0.296 e. The Hall–Kier alpha value is -1.16. The van der Waals surface area contributed by atoms with Gasteiger partial charge in [0.2, 0.25) is 0 Å². The second-order valence-corrected chi connectivity index (χ2v) is 5.09. The SMILES string of the molecule is Cc1c(Br)ccc2nc(C3CC3)c(C=O)n12. The number of aldehydes is 1. The number of rotatable bonds is 2. The fourth-order valence-electron chi connectivity index (χ4n) is 2.08. The minimum atomic E-state index is 0.498. The number of aromatic nitrogens is 2. The summed E-state index contributed by atoms with van der Waals surface area (Å²) in [6.07, 6.45) is 3.24. The minimum absolute atomic E-state index is 0.498. The summed E-state index contributed by atoms with van der Waals surface area (Å²) >= 11 is 3.48. The van der Waals surface area contributed by atoms with Crippen molar-refractivity contribution in [1.29, 1.82) is 0 Å². The molecule has 1 fully saturated rings. The predicted octanol–water partition coefficient (Wildman–Crippen LogP) is 3.10. The number of imidazole rings is 1. The lowest BCUT2D eigenvalue weighted by molar-refractivity contribution is 0.111. The van der Waals surface area contributed by atoms with Gasteiger partial charge in [0.25, 0.3) is 0 Å². The summed E-state index contributed by atoms with van der Waals surface area (Å²) in [6.45, 7) is 1.99. The van der Waals surface area contributed by atoms with Gasteiger partial charge in [-0.2, -0.15) is 0 Å². The number of pyridine rings is 1. The van der Waals surface area contributed by atoms with E-state index < -0.39 is 0 Å². The second kappa shape index (κ2) is 3.42. The normalized spacial score (nSPS) is 15.6. The highest BCUT2D eigenvalue weighted by Gasteiger charge is 2.30. The second-order valence-electron chi connectivity index (χ2n) is 4.23. The maximum atomic E-state index is 11.2. The van der Waals surface area contributed by atoms with Crippen LogP contribution in [0.3, 0.4) is 0 Å². The van der Waals surface area contributed by atoms with Crippen LogP contribution in [-0.4, -0.2) is 15.7 Å². The Kier molecular flexibility index (Phi) is 2.14. The van der Waals surface area contributed by atoms with Gasteiger partial charge in [-0.05, 0) is 47.8 Å². The van der Waals surface area contributed by atoms with E-state index in [2.05, 4.69) is 20.9 Å². The number of halogens is 1. The fourth-order valence-corrected chi connectivity index (χ4v) is 2.39. The molecule has 0 N–H and O–H groups in total. The van der Waals surface area contributed by atoms with Gasteiger partial charge in [-0.25, -0.2) is 4.98 Å². The van der Waals surface area contributed by atoms with E-state index in [1.165, 1.54) is 0 Å².